The highest BCUT2D eigenvalue weighted by molar-refractivity contribution is 5.65. The first kappa shape index (κ1) is 14.6. The molecule has 1 unspecified atom stereocenters. The summed E-state index contributed by atoms with van der Waals surface area (Å²) in [6.07, 6.45) is 2.30. The highest BCUT2D eigenvalue weighted by Crippen LogP contribution is 2.32. The van der Waals surface area contributed by atoms with Crippen molar-refractivity contribution < 1.29 is 9.66 Å². The number of benzene rings is 1. The maximum atomic E-state index is 11.3. The van der Waals surface area contributed by atoms with E-state index in [-0.39, 0.29) is 10.6 Å². The molecule has 2 rings (SSSR count). The predicted molar refractivity (Wildman–Crippen MR) is 78.6 cm³/mol. The van der Waals surface area contributed by atoms with Crippen LogP contribution in [0.4, 0.5) is 11.4 Å². The van der Waals surface area contributed by atoms with Crippen molar-refractivity contribution >= 4 is 11.4 Å². The van der Waals surface area contributed by atoms with Crippen LogP contribution in [-0.4, -0.2) is 37.7 Å². The normalized spacial score (nSPS) is 18.0. The van der Waals surface area contributed by atoms with Crippen LogP contribution in [0.25, 0.3) is 0 Å². The van der Waals surface area contributed by atoms with E-state index < -0.39 is 0 Å². The van der Waals surface area contributed by atoms with Crippen LogP contribution in [0.3, 0.4) is 0 Å². The van der Waals surface area contributed by atoms with E-state index >= 15 is 0 Å². The zero-order chi connectivity index (χ0) is 14.5. The predicted octanol–water partition coefficient (Wildman–Crippen LogP) is 2.18. The highest BCUT2D eigenvalue weighted by Gasteiger charge is 2.23. The van der Waals surface area contributed by atoms with Gasteiger partial charge in [-0.2, -0.15) is 0 Å². The van der Waals surface area contributed by atoms with Crippen LogP contribution in [0.1, 0.15) is 19.8 Å². The molecule has 0 amide bonds. The number of nitrogens with one attached hydrogen (secondary N) is 1. The van der Waals surface area contributed by atoms with E-state index in [0.29, 0.717) is 17.5 Å². The number of methoxy groups -OCH3 is 1. The highest BCUT2D eigenvalue weighted by atomic mass is 16.6. The van der Waals surface area contributed by atoms with Crippen molar-refractivity contribution in [3.63, 3.8) is 0 Å². The fraction of sp³-hybridized carbons (Fsp3) is 0.571. The van der Waals surface area contributed by atoms with Crippen molar-refractivity contribution in [1.29, 1.82) is 0 Å². The van der Waals surface area contributed by atoms with Gasteiger partial charge >= 0.3 is 0 Å². The second-order valence-electron chi connectivity index (χ2n) is 4.94. The summed E-state index contributed by atoms with van der Waals surface area (Å²) in [5.41, 5.74) is 0.760. The zero-order valence-corrected chi connectivity index (χ0v) is 12.0. The topological polar surface area (TPSA) is 67.6 Å². The average molecular weight is 279 g/mol. The molecule has 110 valence electrons. The Hall–Kier alpha value is -1.82. The standard InChI is InChI=1S/C14H21N3O3/c1-3-16(10-11-5-4-8-15-11)13-7-6-12(20-2)9-14(13)17(18)19/h6-7,9,11,15H,3-5,8,10H2,1-2H3. The molecule has 1 atom stereocenters. The van der Waals surface area contributed by atoms with Gasteiger partial charge in [-0.25, -0.2) is 0 Å². The lowest BCUT2D eigenvalue weighted by Crippen LogP contribution is -2.37. The minimum absolute atomic E-state index is 0.101. The Balaban J connectivity index is 2.25. The molecule has 0 radical (unpaired) electrons. The number of nitrogens with zero attached hydrogens (tertiary/aromatic N) is 2. The lowest BCUT2D eigenvalue weighted by atomic mass is 10.1. The summed E-state index contributed by atoms with van der Waals surface area (Å²) in [6, 6.07) is 5.44. The molecule has 0 aliphatic carbocycles. The molecule has 1 heterocycles. The minimum Gasteiger partial charge on any atom is -0.496 e. The lowest BCUT2D eigenvalue weighted by Gasteiger charge is -2.26. The zero-order valence-electron chi connectivity index (χ0n) is 12.0. The fourth-order valence-electron chi connectivity index (χ4n) is 2.62. The Bertz CT molecular complexity index is 473. The van der Waals surface area contributed by atoms with E-state index in [1.165, 1.54) is 19.6 Å². The van der Waals surface area contributed by atoms with Gasteiger partial charge in [-0.3, -0.25) is 10.1 Å². The molecule has 1 aromatic rings. The van der Waals surface area contributed by atoms with Gasteiger partial charge in [0.1, 0.15) is 11.4 Å². The number of nitro benzene ring substituents is 1. The van der Waals surface area contributed by atoms with Gasteiger partial charge in [0.2, 0.25) is 0 Å². The van der Waals surface area contributed by atoms with Gasteiger partial charge < -0.3 is 15.0 Å². The number of nitro groups is 1. The molecule has 6 heteroatoms. The van der Waals surface area contributed by atoms with Crippen molar-refractivity contribution in [1.82, 2.24) is 5.32 Å². The largest absolute Gasteiger partial charge is 0.496 e. The number of hydrogen-bond donors (Lipinski definition) is 1. The molecule has 20 heavy (non-hydrogen) atoms. The van der Waals surface area contributed by atoms with Gasteiger partial charge in [-0.15, -0.1) is 0 Å². The van der Waals surface area contributed by atoms with Crippen molar-refractivity contribution in [3.05, 3.63) is 28.3 Å². The quantitative estimate of drug-likeness (QED) is 0.638. The van der Waals surface area contributed by atoms with E-state index in [9.17, 15) is 10.1 Å². The van der Waals surface area contributed by atoms with Crippen LogP contribution in [0.15, 0.2) is 18.2 Å². The Morgan fingerprint density at radius 1 is 1.55 bits per heavy atom. The smallest absolute Gasteiger partial charge is 0.296 e. The van der Waals surface area contributed by atoms with Crippen LogP contribution in [0.2, 0.25) is 0 Å². The van der Waals surface area contributed by atoms with E-state index in [1.807, 2.05) is 6.92 Å². The first-order valence-electron chi connectivity index (χ1n) is 6.96. The molecule has 0 bridgehead atoms. The van der Waals surface area contributed by atoms with Crippen molar-refractivity contribution in [2.24, 2.45) is 0 Å². The van der Waals surface area contributed by atoms with Gasteiger partial charge in [0.25, 0.3) is 5.69 Å². The number of anilines is 1. The number of likely N-dealkylation sites (N-methyl/N-ethyl adjacent to an activating group) is 1. The summed E-state index contributed by atoms with van der Waals surface area (Å²) >= 11 is 0. The molecule has 1 aliphatic heterocycles. The van der Waals surface area contributed by atoms with E-state index in [0.717, 1.165) is 26.1 Å². The van der Waals surface area contributed by atoms with Crippen LogP contribution in [0, 0.1) is 10.1 Å². The van der Waals surface area contributed by atoms with Gasteiger partial charge in [0, 0.05) is 19.1 Å². The van der Waals surface area contributed by atoms with Gasteiger partial charge in [0.05, 0.1) is 18.1 Å². The number of hydrogen-bond acceptors (Lipinski definition) is 5. The van der Waals surface area contributed by atoms with Gasteiger partial charge in [-0.05, 0) is 38.4 Å². The summed E-state index contributed by atoms with van der Waals surface area (Å²) in [7, 11) is 1.51. The maximum absolute atomic E-state index is 11.3. The van der Waals surface area contributed by atoms with E-state index in [4.69, 9.17) is 4.74 Å². The molecular formula is C14H21N3O3. The molecule has 0 spiro atoms. The minimum atomic E-state index is -0.345. The van der Waals surface area contributed by atoms with E-state index in [2.05, 4.69) is 10.2 Å². The second-order valence-corrected chi connectivity index (χ2v) is 4.94. The SMILES string of the molecule is CCN(CC1CCCN1)c1ccc(OC)cc1[N+](=O)[O-]. The Kier molecular flexibility index (Phi) is 4.79. The molecular weight excluding hydrogens is 258 g/mol. The molecule has 1 aliphatic rings. The van der Waals surface area contributed by atoms with Crippen LogP contribution in [0.5, 0.6) is 5.75 Å². The summed E-state index contributed by atoms with van der Waals surface area (Å²) in [6.45, 7) is 4.59. The second kappa shape index (κ2) is 6.56. The third-order valence-corrected chi connectivity index (χ3v) is 3.70. The average Bonchev–Trinajstić information content (AvgIpc) is 2.97. The summed E-state index contributed by atoms with van der Waals surface area (Å²) < 4.78 is 5.07. The molecule has 1 N–H and O–H groups in total. The first-order chi connectivity index (χ1) is 9.65. The summed E-state index contributed by atoms with van der Waals surface area (Å²) in [4.78, 5) is 13.0. The third kappa shape index (κ3) is 3.19. The fourth-order valence-corrected chi connectivity index (χ4v) is 2.62. The third-order valence-electron chi connectivity index (χ3n) is 3.70. The molecule has 1 saturated heterocycles. The van der Waals surface area contributed by atoms with Crippen molar-refractivity contribution in [3.8, 4) is 5.75 Å². The van der Waals surface area contributed by atoms with Crippen molar-refractivity contribution in [2.75, 3.05) is 31.6 Å². The van der Waals surface area contributed by atoms with Gasteiger partial charge in [-0.1, -0.05) is 0 Å². The Morgan fingerprint density at radius 2 is 2.35 bits per heavy atom. The summed E-state index contributed by atoms with van der Waals surface area (Å²) in [5.74, 6) is 0.510. The number of ether oxygens (including phenoxy) is 1. The first-order valence-corrected chi connectivity index (χ1v) is 6.96. The lowest BCUT2D eigenvalue weighted by molar-refractivity contribution is -0.384. The van der Waals surface area contributed by atoms with Gasteiger partial charge in [0.15, 0.2) is 0 Å². The van der Waals surface area contributed by atoms with Crippen LogP contribution < -0.4 is 15.0 Å². The molecule has 0 saturated carbocycles. The van der Waals surface area contributed by atoms with Crippen LogP contribution in [-0.2, 0) is 0 Å². The Labute approximate surface area is 118 Å². The van der Waals surface area contributed by atoms with Crippen LogP contribution >= 0.6 is 0 Å². The molecule has 0 aromatic heterocycles. The monoisotopic (exact) mass is 279 g/mol. The molecule has 6 nitrogen and oxygen atoms in total. The molecule has 1 aromatic carbocycles. The number of rotatable bonds is 6. The Morgan fingerprint density at radius 3 is 2.90 bits per heavy atom. The molecule has 1 fully saturated rings. The summed E-state index contributed by atoms with van der Waals surface area (Å²) in [5, 5.41) is 14.7. The van der Waals surface area contributed by atoms with Crippen molar-refractivity contribution in [2.45, 2.75) is 25.8 Å². The van der Waals surface area contributed by atoms with E-state index in [1.54, 1.807) is 12.1 Å². The maximum Gasteiger partial charge on any atom is 0.296 e.